The molecule has 0 radical (unpaired) electrons. The molecule has 0 aliphatic carbocycles. The molecule has 4 nitrogen and oxygen atoms in total. The van der Waals surface area contributed by atoms with E-state index in [4.69, 9.17) is 4.74 Å². The zero-order chi connectivity index (χ0) is 14.4. The Morgan fingerprint density at radius 1 is 1.35 bits per heavy atom. The molecule has 0 fully saturated rings. The minimum absolute atomic E-state index is 0.349. The molecule has 20 heavy (non-hydrogen) atoms. The molecule has 4 heteroatoms. The number of carbonyl (C=O) groups is 1. The number of benzene rings is 1. The van der Waals surface area contributed by atoms with Crippen molar-refractivity contribution >= 4 is 17.0 Å². The summed E-state index contributed by atoms with van der Waals surface area (Å²) in [7, 11) is 0. The van der Waals surface area contributed by atoms with Crippen LogP contribution in [0.25, 0.3) is 11.0 Å². The molecule has 104 valence electrons. The van der Waals surface area contributed by atoms with Crippen LogP contribution in [0.4, 0.5) is 0 Å². The lowest BCUT2D eigenvalue weighted by molar-refractivity contribution is -0.136. The predicted octanol–water partition coefficient (Wildman–Crippen LogP) is 2.56. The first kappa shape index (κ1) is 14.1. The third kappa shape index (κ3) is 3.18. The highest BCUT2D eigenvalue weighted by Gasteiger charge is 2.08. The van der Waals surface area contributed by atoms with Crippen LogP contribution in [-0.2, 0) is 22.5 Å². The van der Waals surface area contributed by atoms with Crippen LogP contribution < -0.4 is 0 Å². The number of hydrogen-bond acceptors (Lipinski definition) is 3. The first-order valence-electron chi connectivity index (χ1n) is 6.86. The molecular formula is C16H18N2O2. The summed E-state index contributed by atoms with van der Waals surface area (Å²) >= 11 is 0. The lowest BCUT2D eigenvalue weighted by atomic mass is 10.3. The Morgan fingerprint density at radius 3 is 2.90 bits per heavy atom. The maximum atomic E-state index is 11.2. The molecule has 2 aromatic rings. The molecule has 0 atom stereocenters. The number of para-hydroxylation sites is 2. The number of aromatic nitrogens is 2. The van der Waals surface area contributed by atoms with E-state index in [1.807, 2.05) is 18.2 Å². The fourth-order valence-corrected chi connectivity index (χ4v) is 2.10. The van der Waals surface area contributed by atoms with Crippen LogP contribution in [0.5, 0.6) is 0 Å². The third-order valence-electron chi connectivity index (χ3n) is 2.89. The minimum Gasteiger partial charge on any atom is -0.456 e. The van der Waals surface area contributed by atoms with E-state index in [0.717, 1.165) is 29.8 Å². The van der Waals surface area contributed by atoms with Gasteiger partial charge in [-0.1, -0.05) is 25.0 Å². The summed E-state index contributed by atoms with van der Waals surface area (Å²) in [6.45, 7) is 5.14. The van der Waals surface area contributed by atoms with E-state index in [-0.39, 0.29) is 0 Å². The molecule has 0 amide bonds. The van der Waals surface area contributed by atoms with Gasteiger partial charge in [0, 0.05) is 12.5 Å². The summed E-state index contributed by atoms with van der Waals surface area (Å²) in [5.41, 5.74) is 2.08. The zero-order valence-corrected chi connectivity index (χ0v) is 11.8. The van der Waals surface area contributed by atoms with Crippen molar-refractivity contribution in [3.63, 3.8) is 0 Å². The highest BCUT2D eigenvalue weighted by atomic mass is 16.5. The molecule has 2 rings (SSSR count). The van der Waals surface area contributed by atoms with E-state index in [2.05, 4.69) is 34.4 Å². The van der Waals surface area contributed by atoms with Crippen LogP contribution >= 0.6 is 0 Å². The predicted molar refractivity (Wildman–Crippen MR) is 78.1 cm³/mol. The highest BCUT2D eigenvalue weighted by Crippen LogP contribution is 2.16. The second-order valence-corrected chi connectivity index (χ2v) is 4.37. The molecule has 0 bridgehead atoms. The number of hydrogen-bond donors (Lipinski definition) is 0. The van der Waals surface area contributed by atoms with Crippen molar-refractivity contribution in [2.75, 3.05) is 6.61 Å². The van der Waals surface area contributed by atoms with Crippen molar-refractivity contribution < 1.29 is 9.53 Å². The van der Waals surface area contributed by atoms with Crippen molar-refractivity contribution in [1.29, 1.82) is 0 Å². The third-order valence-corrected chi connectivity index (χ3v) is 2.89. The molecule has 0 spiro atoms. The van der Waals surface area contributed by atoms with Gasteiger partial charge < -0.3 is 9.30 Å². The van der Waals surface area contributed by atoms with E-state index in [1.54, 1.807) is 6.92 Å². The van der Waals surface area contributed by atoms with E-state index in [1.165, 1.54) is 0 Å². The van der Waals surface area contributed by atoms with E-state index in [0.29, 0.717) is 13.0 Å². The van der Waals surface area contributed by atoms with Crippen LogP contribution in [0.2, 0.25) is 0 Å². The Morgan fingerprint density at radius 2 is 2.15 bits per heavy atom. The number of rotatable bonds is 4. The summed E-state index contributed by atoms with van der Waals surface area (Å²) in [6, 6.07) is 8.02. The van der Waals surface area contributed by atoms with Crippen molar-refractivity contribution in [3.05, 3.63) is 30.1 Å². The van der Waals surface area contributed by atoms with Gasteiger partial charge in [0.15, 0.2) is 0 Å². The average molecular weight is 270 g/mol. The second kappa shape index (κ2) is 6.76. The van der Waals surface area contributed by atoms with Gasteiger partial charge in [-0.25, -0.2) is 9.78 Å². The second-order valence-electron chi connectivity index (χ2n) is 4.37. The Labute approximate surface area is 118 Å². The Kier molecular flexibility index (Phi) is 4.78. The summed E-state index contributed by atoms with van der Waals surface area (Å²) in [4.78, 5) is 15.8. The van der Waals surface area contributed by atoms with Crippen LogP contribution in [-0.4, -0.2) is 22.1 Å². The first-order valence-corrected chi connectivity index (χ1v) is 6.86. The average Bonchev–Trinajstić information content (AvgIpc) is 2.78. The van der Waals surface area contributed by atoms with Gasteiger partial charge in [-0.15, -0.1) is 0 Å². The van der Waals surface area contributed by atoms with Crippen LogP contribution in [0.3, 0.4) is 0 Å². The number of esters is 1. The SMILES string of the molecule is CCCn1c(CC#CC(=O)OCC)nc2ccccc21. The maximum Gasteiger partial charge on any atom is 0.384 e. The van der Waals surface area contributed by atoms with E-state index >= 15 is 0 Å². The Balaban J connectivity index is 2.24. The molecule has 0 N–H and O–H groups in total. The van der Waals surface area contributed by atoms with Crippen molar-refractivity contribution in [3.8, 4) is 11.8 Å². The van der Waals surface area contributed by atoms with Gasteiger partial charge in [0.25, 0.3) is 0 Å². The Hall–Kier alpha value is -2.28. The normalized spacial score (nSPS) is 10.1. The number of carbonyl (C=O) groups excluding carboxylic acids is 1. The van der Waals surface area contributed by atoms with Gasteiger partial charge >= 0.3 is 5.97 Å². The molecule has 1 aromatic carbocycles. The fraction of sp³-hybridized carbons (Fsp3) is 0.375. The summed E-state index contributed by atoms with van der Waals surface area (Å²) in [6.07, 6.45) is 1.48. The maximum absolute atomic E-state index is 11.2. The first-order chi connectivity index (χ1) is 9.76. The number of nitrogens with zero attached hydrogens (tertiary/aromatic N) is 2. The van der Waals surface area contributed by atoms with Gasteiger partial charge in [-0.05, 0) is 25.5 Å². The minimum atomic E-state index is -0.481. The smallest absolute Gasteiger partial charge is 0.384 e. The molecule has 0 saturated carbocycles. The van der Waals surface area contributed by atoms with Crippen LogP contribution in [0.1, 0.15) is 26.1 Å². The van der Waals surface area contributed by atoms with Crippen LogP contribution in [0.15, 0.2) is 24.3 Å². The van der Waals surface area contributed by atoms with E-state index < -0.39 is 5.97 Å². The van der Waals surface area contributed by atoms with Gasteiger partial charge in [-0.2, -0.15) is 0 Å². The summed E-state index contributed by atoms with van der Waals surface area (Å²) < 4.78 is 6.94. The number of aryl methyl sites for hydroxylation is 1. The van der Waals surface area contributed by atoms with Crippen LogP contribution in [0, 0.1) is 11.8 Å². The molecule has 0 unspecified atom stereocenters. The summed E-state index contributed by atoms with van der Waals surface area (Å²) in [5, 5.41) is 0. The molecule has 1 heterocycles. The quantitative estimate of drug-likeness (QED) is 0.487. The number of imidazole rings is 1. The summed E-state index contributed by atoms with van der Waals surface area (Å²) in [5.74, 6) is 5.73. The van der Waals surface area contributed by atoms with Gasteiger partial charge in [0.05, 0.1) is 24.1 Å². The van der Waals surface area contributed by atoms with Crippen molar-refractivity contribution in [2.45, 2.75) is 33.2 Å². The molecular weight excluding hydrogens is 252 g/mol. The largest absolute Gasteiger partial charge is 0.456 e. The lowest BCUT2D eigenvalue weighted by Gasteiger charge is -2.04. The highest BCUT2D eigenvalue weighted by molar-refractivity contribution is 5.88. The molecule has 0 aliphatic rings. The molecule has 0 aliphatic heterocycles. The van der Waals surface area contributed by atoms with E-state index in [9.17, 15) is 4.79 Å². The Bertz CT molecular complexity index is 662. The monoisotopic (exact) mass is 270 g/mol. The van der Waals surface area contributed by atoms with Gasteiger partial charge in [0.1, 0.15) is 5.82 Å². The number of fused-ring (bicyclic) bond motifs is 1. The van der Waals surface area contributed by atoms with Gasteiger partial charge in [-0.3, -0.25) is 0 Å². The van der Waals surface area contributed by atoms with Crippen molar-refractivity contribution in [1.82, 2.24) is 9.55 Å². The standard InChI is InChI=1S/C16H18N2O2/c1-3-12-18-14-9-6-5-8-13(14)17-15(18)10-7-11-16(19)20-4-2/h5-6,8-9H,3-4,10,12H2,1-2H3. The fourth-order valence-electron chi connectivity index (χ4n) is 2.10. The number of ether oxygens (including phenoxy) is 1. The molecule has 0 saturated heterocycles. The lowest BCUT2D eigenvalue weighted by Crippen LogP contribution is -2.03. The topological polar surface area (TPSA) is 44.1 Å². The van der Waals surface area contributed by atoms with Crippen molar-refractivity contribution in [2.24, 2.45) is 0 Å². The molecule has 1 aromatic heterocycles. The van der Waals surface area contributed by atoms with Gasteiger partial charge in [0.2, 0.25) is 0 Å². The zero-order valence-electron chi connectivity index (χ0n) is 11.8.